The molecule has 0 radical (unpaired) electrons. The van der Waals surface area contributed by atoms with E-state index in [0.717, 1.165) is 19.4 Å². The molecule has 92 valence electrons. The number of esters is 1. The van der Waals surface area contributed by atoms with E-state index >= 15 is 0 Å². The normalized spacial score (nSPS) is 17.2. The van der Waals surface area contributed by atoms with E-state index in [9.17, 15) is 4.79 Å². The van der Waals surface area contributed by atoms with Crippen LogP contribution in [0.3, 0.4) is 0 Å². The minimum absolute atomic E-state index is 0.134. The first-order chi connectivity index (χ1) is 8.31. The lowest BCUT2D eigenvalue weighted by Crippen LogP contribution is -2.45. The van der Waals surface area contributed by atoms with Gasteiger partial charge in [-0.25, -0.2) is 0 Å². The van der Waals surface area contributed by atoms with Crippen LogP contribution in [-0.2, 0) is 16.1 Å². The van der Waals surface area contributed by atoms with Gasteiger partial charge in [0.25, 0.3) is 0 Å². The van der Waals surface area contributed by atoms with E-state index < -0.39 is 0 Å². The Hall–Kier alpha value is -1.35. The highest BCUT2D eigenvalue weighted by molar-refractivity contribution is 5.76. The number of ether oxygens (including phenoxy) is 1. The first kappa shape index (κ1) is 12.1. The molecule has 3 nitrogen and oxygen atoms in total. The second-order valence-electron chi connectivity index (χ2n) is 4.56. The molecule has 1 saturated carbocycles. The highest BCUT2D eigenvalue weighted by Crippen LogP contribution is 2.30. The molecule has 0 saturated heterocycles. The van der Waals surface area contributed by atoms with Gasteiger partial charge >= 0.3 is 5.97 Å². The second kappa shape index (κ2) is 5.82. The molecule has 0 spiro atoms. The van der Waals surface area contributed by atoms with E-state index in [4.69, 9.17) is 4.74 Å². The fourth-order valence-corrected chi connectivity index (χ4v) is 2.17. The summed E-state index contributed by atoms with van der Waals surface area (Å²) in [5, 5.41) is 3.31. The van der Waals surface area contributed by atoms with Gasteiger partial charge in [-0.1, -0.05) is 36.8 Å². The summed E-state index contributed by atoms with van der Waals surface area (Å²) in [6.07, 6.45) is 3.48. The lowest BCUT2D eigenvalue weighted by atomic mass is 9.79. The van der Waals surface area contributed by atoms with Gasteiger partial charge in [-0.05, 0) is 24.3 Å². The standard InChI is InChI=1S/C14H19NO2/c1-17-14(16)13(12-8-5-9-12)15-10-11-6-3-2-4-7-11/h2-4,6-7,12-13,15H,5,8-10H2,1H3/t13-/m0/s1. The summed E-state index contributed by atoms with van der Waals surface area (Å²) in [6, 6.07) is 9.98. The molecule has 2 rings (SSSR count). The number of nitrogens with one attached hydrogen (secondary N) is 1. The van der Waals surface area contributed by atoms with Crippen LogP contribution in [0.2, 0.25) is 0 Å². The maximum absolute atomic E-state index is 11.7. The molecular weight excluding hydrogens is 214 g/mol. The Morgan fingerprint density at radius 1 is 1.41 bits per heavy atom. The summed E-state index contributed by atoms with van der Waals surface area (Å²) in [7, 11) is 1.46. The molecule has 3 heteroatoms. The van der Waals surface area contributed by atoms with Gasteiger partial charge in [0.1, 0.15) is 6.04 Å². The smallest absolute Gasteiger partial charge is 0.323 e. The second-order valence-corrected chi connectivity index (χ2v) is 4.56. The Bertz CT molecular complexity index is 360. The van der Waals surface area contributed by atoms with Crippen molar-refractivity contribution in [2.24, 2.45) is 5.92 Å². The van der Waals surface area contributed by atoms with Crippen LogP contribution in [0, 0.1) is 5.92 Å². The molecule has 1 N–H and O–H groups in total. The molecule has 0 aliphatic heterocycles. The lowest BCUT2D eigenvalue weighted by molar-refractivity contribution is -0.145. The molecule has 1 aromatic carbocycles. The molecule has 0 unspecified atom stereocenters. The summed E-state index contributed by atoms with van der Waals surface area (Å²) in [4.78, 5) is 11.7. The summed E-state index contributed by atoms with van der Waals surface area (Å²) in [5.74, 6) is 0.316. The Morgan fingerprint density at radius 2 is 2.12 bits per heavy atom. The number of carbonyl (C=O) groups is 1. The fourth-order valence-electron chi connectivity index (χ4n) is 2.17. The van der Waals surface area contributed by atoms with Gasteiger partial charge in [0.2, 0.25) is 0 Å². The third-order valence-corrected chi connectivity index (χ3v) is 3.45. The molecule has 17 heavy (non-hydrogen) atoms. The third kappa shape index (κ3) is 3.07. The molecular formula is C14H19NO2. The summed E-state index contributed by atoms with van der Waals surface area (Å²) in [6.45, 7) is 0.719. The zero-order chi connectivity index (χ0) is 12.1. The number of hydrogen-bond acceptors (Lipinski definition) is 3. The predicted molar refractivity (Wildman–Crippen MR) is 66.4 cm³/mol. The number of benzene rings is 1. The molecule has 0 heterocycles. The van der Waals surface area contributed by atoms with E-state index in [0.29, 0.717) is 5.92 Å². The van der Waals surface area contributed by atoms with E-state index in [-0.39, 0.29) is 12.0 Å². The average molecular weight is 233 g/mol. The van der Waals surface area contributed by atoms with E-state index in [1.165, 1.54) is 19.1 Å². The van der Waals surface area contributed by atoms with Crippen LogP contribution in [0.4, 0.5) is 0 Å². The van der Waals surface area contributed by atoms with E-state index in [2.05, 4.69) is 17.4 Å². The number of hydrogen-bond donors (Lipinski definition) is 1. The zero-order valence-electron chi connectivity index (χ0n) is 10.2. The van der Waals surface area contributed by atoms with Gasteiger partial charge in [-0.3, -0.25) is 4.79 Å². The van der Waals surface area contributed by atoms with Gasteiger partial charge in [-0.15, -0.1) is 0 Å². The molecule has 1 aliphatic rings. The molecule has 0 aromatic heterocycles. The first-order valence-corrected chi connectivity index (χ1v) is 6.16. The molecule has 1 aliphatic carbocycles. The zero-order valence-corrected chi connectivity index (χ0v) is 10.2. The quantitative estimate of drug-likeness (QED) is 0.792. The van der Waals surface area contributed by atoms with Gasteiger partial charge < -0.3 is 10.1 Å². The van der Waals surface area contributed by atoms with Crippen molar-refractivity contribution in [2.45, 2.75) is 31.8 Å². The van der Waals surface area contributed by atoms with Crippen molar-refractivity contribution in [1.29, 1.82) is 0 Å². The van der Waals surface area contributed by atoms with Crippen LogP contribution in [0.1, 0.15) is 24.8 Å². The lowest BCUT2D eigenvalue weighted by Gasteiger charge is -2.32. The van der Waals surface area contributed by atoms with Gasteiger partial charge in [0.05, 0.1) is 7.11 Å². The summed E-state index contributed by atoms with van der Waals surface area (Å²) >= 11 is 0. The van der Waals surface area contributed by atoms with Gasteiger partial charge in [-0.2, -0.15) is 0 Å². The molecule has 0 amide bonds. The maximum Gasteiger partial charge on any atom is 0.323 e. The summed E-state index contributed by atoms with van der Waals surface area (Å²) in [5.41, 5.74) is 1.20. The Morgan fingerprint density at radius 3 is 2.65 bits per heavy atom. The predicted octanol–water partition coefficient (Wildman–Crippen LogP) is 2.12. The van der Waals surface area contributed by atoms with Crippen molar-refractivity contribution in [3.8, 4) is 0 Å². The van der Waals surface area contributed by atoms with Crippen LogP contribution < -0.4 is 5.32 Å². The van der Waals surface area contributed by atoms with E-state index in [1.807, 2.05) is 18.2 Å². The molecule has 1 aromatic rings. The van der Waals surface area contributed by atoms with E-state index in [1.54, 1.807) is 0 Å². The molecule has 1 atom stereocenters. The monoisotopic (exact) mass is 233 g/mol. The van der Waals surface area contributed by atoms with Crippen LogP contribution in [0.15, 0.2) is 30.3 Å². The Kier molecular flexibility index (Phi) is 4.15. The van der Waals surface area contributed by atoms with Crippen molar-refractivity contribution in [1.82, 2.24) is 5.32 Å². The Balaban J connectivity index is 1.91. The minimum Gasteiger partial charge on any atom is -0.468 e. The van der Waals surface area contributed by atoms with Crippen molar-refractivity contribution < 1.29 is 9.53 Å². The topological polar surface area (TPSA) is 38.3 Å². The highest BCUT2D eigenvalue weighted by Gasteiger charge is 2.32. The van der Waals surface area contributed by atoms with Gasteiger partial charge in [0, 0.05) is 6.54 Å². The number of carbonyl (C=O) groups excluding carboxylic acids is 1. The van der Waals surface area contributed by atoms with Crippen LogP contribution in [-0.4, -0.2) is 19.1 Å². The maximum atomic E-state index is 11.7. The molecule has 1 fully saturated rings. The Labute approximate surface area is 102 Å². The third-order valence-electron chi connectivity index (χ3n) is 3.45. The highest BCUT2D eigenvalue weighted by atomic mass is 16.5. The average Bonchev–Trinajstić information content (AvgIpc) is 2.32. The number of methoxy groups -OCH3 is 1. The van der Waals surface area contributed by atoms with Crippen LogP contribution in [0.5, 0.6) is 0 Å². The van der Waals surface area contributed by atoms with Crippen molar-refractivity contribution in [3.05, 3.63) is 35.9 Å². The summed E-state index contributed by atoms with van der Waals surface area (Å²) < 4.78 is 4.86. The fraction of sp³-hybridized carbons (Fsp3) is 0.500. The molecule has 0 bridgehead atoms. The minimum atomic E-state index is -0.144. The first-order valence-electron chi connectivity index (χ1n) is 6.16. The number of rotatable bonds is 5. The van der Waals surface area contributed by atoms with Gasteiger partial charge in [0.15, 0.2) is 0 Å². The van der Waals surface area contributed by atoms with Crippen molar-refractivity contribution in [3.63, 3.8) is 0 Å². The largest absolute Gasteiger partial charge is 0.468 e. The van der Waals surface area contributed by atoms with Crippen molar-refractivity contribution in [2.75, 3.05) is 7.11 Å². The van der Waals surface area contributed by atoms with Crippen LogP contribution in [0.25, 0.3) is 0 Å². The van der Waals surface area contributed by atoms with Crippen molar-refractivity contribution >= 4 is 5.97 Å². The van der Waals surface area contributed by atoms with Crippen LogP contribution >= 0.6 is 0 Å². The SMILES string of the molecule is COC(=O)[C@@H](NCc1ccccc1)C1CCC1.